The van der Waals surface area contributed by atoms with Crippen LogP contribution >= 0.6 is 46.1 Å². The van der Waals surface area contributed by atoms with E-state index in [2.05, 4.69) is 10.6 Å². The number of alkyl halides is 3. The molecular weight excluding hydrogens is 501 g/mol. The second-order valence-electron chi connectivity index (χ2n) is 7.04. The van der Waals surface area contributed by atoms with Gasteiger partial charge < -0.3 is 15.4 Å². The van der Waals surface area contributed by atoms with E-state index in [9.17, 15) is 19.7 Å². The van der Waals surface area contributed by atoms with E-state index in [1.54, 1.807) is 6.92 Å². The number of nitro groups is 1. The fourth-order valence-electron chi connectivity index (χ4n) is 3.39. The molecule has 0 bridgehead atoms. The maximum atomic E-state index is 12.7. The van der Waals surface area contributed by atoms with E-state index in [-0.39, 0.29) is 17.9 Å². The number of nitrogens with one attached hydrogen (secondary N) is 2. The van der Waals surface area contributed by atoms with E-state index in [0.29, 0.717) is 10.6 Å². The standard InChI is InChI=1S/C20H20Cl3N3O5S/c1-2-31-18(28)15-13-8-3-4-9-14(13)32-17(15)25-19(20(21,22)23)24-16(27)11-6-5-7-12(10-11)26(29)30/h5-7,10,19,25H,2-4,8-9H2,1H3,(H,24,27)/t19-/m0/s1. The van der Waals surface area contributed by atoms with Crippen LogP contribution in [-0.4, -0.2) is 33.4 Å². The molecule has 0 saturated heterocycles. The normalized spacial score (nSPS) is 14.2. The van der Waals surface area contributed by atoms with Crippen LogP contribution in [0.15, 0.2) is 24.3 Å². The Morgan fingerprint density at radius 2 is 2.00 bits per heavy atom. The number of benzene rings is 1. The Kier molecular flexibility index (Phi) is 7.87. The summed E-state index contributed by atoms with van der Waals surface area (Å²) >= 11 is 19.7. The van der Waals surface area contributed by atoms with Crippen molar-refractivity contribution in [3.05, 3.63) is 55.9 Å². The van der Waals surface area contributed by atoms with Crippen LogP contribution in [0.25, 0.3) is 0 Å². The number of nitrogens with zero attached hydrogens (tertiary/aromatic N) is 1. The number of nitro benzene ring substituents is 1. The van der Waals surface area contributed by atoms with Gasteiger partial charge in [-0.2, -0.15) is 0 Å². The van der Waals surface area contributed by atoms with Gasteiger partial charge in [0.15, 0.2) is 0 Å². The van der Waals surface area contributed by atoms with Gasteiger partial charge in [0, 0.05) is 22.6 Å². The van der Waals surface area contributed by atoms with Crippen LogP contribution in [0.3, 0.4) is 0 Å². The van der Waals surface area contributed by atoms with Crippen LogP contribution in [0.5, 0.6) is 0 Å². The number of halogens is 3. The number of non-ortho nitro benzene ring substituents is 1. The lowest BCUT2D eigenvalue weighted by Crippen LogP contribution is -2.49. The summed E-state index contributed by atoms with van der Waals surface area (Å²) in [5.74, 6) is -1.17. The second-order valence-corrected chi connectivity index (χ2v) is 10.5. The number of carbonyl (C=O) groups is 2. The molecule has 1 aromatic heterocycles. The molecule has 1 atom stereocenters. The highest BCUT2D eigenvalue weighted by atomic mass is 35.6. The first-order chi connectivity index (χ1) is 15.1. The molecule has 0 fully saturated rings. The van der Waals surface area contributed by atoms with Crippen molar-refractivity contribution < 1.29 is 19.2 Å². The smallest absolute Gasteiger partial charge is 0.341 e. The Bertz CT molecular complexity index is 1040. The second kappa shape index (κ2) is 10.2. The number of thiophene rings is 1. The summed E-state index contributed by atoms with van der Waals surface area (Å²) in [5, 5.41) is 17.0. The molecule has 1 heterocycles. The Morgan fingerprint density at radius 1 is 1.28 bits per heavy atom. The number of amides is 1. The number of rotatable bonds is 7. The van der Waals surface area contributed by atoms with Gasteiger partial charge >= 0.3 is 5.97 Å². The van der Waals surface area contributed by atoms with Crippen LogP contribution in [-0.2, 0) is 17.6 Å². The fraction of sp³-hybridized carbons (Fsp3) is 0.400. The molecule has 0 saturated carbocycles. The fourth-order valence-corrected chi connectivity index (χ4v) is 5.03. The topological polar surface area (TPSA) is 111 Å². The molecule has 1 aromatic carbocycles. The lowest BCUT2D eigenvalue weighted by atomic mass is 9.95. The Balaban J connectivity index is 1.91. The first kappa shape index (κ1) is 24.6. The summed E-state index contributed by atoms with van der Waals surface area (Å²) in [6.45, 7) is 1.92. The van der Waals surface area contributed by atoms with Crippen molar-refractivity contribution >= 4 is 68.7 Å². The number of ether oxygens (including phenoxy) is 1. The summed E-state index contributed by atoms with van der Waals surface area (Å²) in [4.78, 5) is 36.9. The monoisotopic (exact) mass is 519 g/mol. The molecule has 1 aliphatic carbocycles. The van der Waals surface area contributed by atoms with Crippen LogP contribution in [0.2, 0.25) is 0 Å². The van der Waals surface area contributed by atoms with E-state index in [1.807, 2.05) is 0 Å². The third-order valence-electron chi connectivity index (χ3n) is 4.85. The van der Waals surface area contributed by atoms with Gasteiger partial charge in [-0.3, -0.25) is 14.9 Å². The molecule has 2 N–H and O–H groups in total. The Hall–Kier alpha value is -2.07. The highest BCUT2D eigenvalue weighted by molar-refractivity contribution is 7.16. The molecule has 12 heteroatoms. The van der Waals surface area contributed by atoms with Gasteiger partial charge in [-0.15, -0.1) is 11.3 Å². The van der Waals surface area contributed by atoms with Gasteiger partial charge in [0.25, 0.3) is 11.6 Å². The number of aryl methyl sites for hydroxylation is 1. The maximum absolute atomic E-state index is 12.7. The highest BCUT2D eigenvalue weighted by Gasteiger charge is 2.37. The molecule has 172 valence electrons. The summed E-state index contributed by atoms with van der Waals surface area (Å²) < 4.78 is 3.23. The largest absolute Gasteiger partial charge is 0.462 e. The summed E-state index contributed by atoms with van der Waals surface area (Å²) in [7, 11) is 0. The molecule has 2 aromatic rings. The first-order valence-corrected chi connectivity index (χ1v) is 11.8. The number of hydrogen-bond donors (Lipinski definition) is 2. The third kappa shape index (κ3) is 5.64. The van der Waals surface area contributed by atoms with Gasteiger partial charge in [0.1, 0.15) is 11.2 Å². The lowest BCUT2D eigenvalue weighted by Gasteiger charge is -2.27. The number of carbonyl (C=O) groups excluding carboxylic acids is 2. The molecule has 0 unspecified atom stereocenters. The summed E-state index contributed by atoms with van der Waals surface area (Å²) in [6.07, 6.45) is 2.29. The van der Waals surface area contributed by atoms with Gasteiger partial charge in [-0.05, 0) is 44.2 Å². The van der Waals surface area contributed by atoms with Gasteiger partial charge in [0.2, 0.25) is 3.79 Å². The summed E-state index contributed by atoms with van der Waals surface area (Å²) in [6, 6.07) is 5.19. The van der Waals surface area contributed by atoms with Gasteiger partial charge in [-0.25, -0.2) is 4.79 Å². The minimum Gasteiger partial charge on any atom is -0.462 e. The zero-order chi connectivity index (χ0) is 23.5. The average Bonchev–Trinajstić information content (AvgIpc) is 3.10. The zero-order valence-electron chi connectivity index (χ0n) is 17.0. The molecular formula is C20H20Cl3N3O5S. The van der Waals surface area contributed by atoms with Crippen LogP contribution < -0.4 is 10.6 Å². The molecule has 1 amide bonds. The molecule has 0 radical (unpaired) electrons. The lowest BCUT2D eigenvalue weighted by molar-refractivity contribution is -0.384. The van der Waals surface area contributed by atoms with Gasteiger partial charge in [0.05, 0.1) is 17.1 Å². The number of hydrogen-bond acceptors (Lipinski definition) is 7. The average molecular weight is 521 g/mol. The highest BCUT2D eigenvalue weighted by Crippen LogP contribution is 2.41. The summed E-state index contributed by atoms with van der Waals surface area (Å²) in [5.41, 5.74) is 1.08. The van der Waals surface area contributed by atoms with Crippen molar-refractivity contribution in [2.24, 2.45) is 0 Å². The molecule has 8 nitrogen and oxygen atoms in total. The quantitative estimate of drug-likeness (QED) is 0.170. The van der Waals surface area contributed by atoms with Crippen molar-refractivity contribution in [1.82, 2.24) is 5.32 Å². The van der Waals surface area contributed by atoms with Crippen molar-refractivity contribution in [3.63, 3.8) is 0 Å². The Morgan fingerprint density at radius 3 is 2.66 bits per heavy atom. The van der Waals surface area contributed by atoms with Crippen molar-refractivity contribution in [3.8, 4) is 0 Å². The number of anilines is 1. The SMILES string of the molecule is CCOC(=O)c1c(N[C@H](NC(=O)c2cccc([N+](=O)[O-])c2)C(Cl)(Cl)Cl)sc2c1CCCC2. The van der Waals surface area contributed by atoms with Crippen LogP contribution in [0.4, 0.5) is 10.7 Å². The van der Waals surface area contributed by atoms with Crippen molar-refractivity contribution in [2.75, 3.05) is 11.9 Å². The minimum absolute atomic E-state index is 0.0244. The molecule has 0 spiro atoms. The van der Waals surface area contributed by atoms with E-state index in [0.717, 1.165) is 42.2 Å². The van der Waals surface area contributed by atoms with Gasteiger partial charge in [-0.1, -0.05) is 40.9 Å². The first-order valence-electron chi connectivity index (χ1n) is 9.82. The number of fused-ring (bicyclic) bond motifs is 1. The van der Waals surface area contributed by atoms with E-state index in [4.69, 9.17) is 39.5 Å². The molecule has 1 aliphatic rings. The predicted molar refractivity (Wildman–Crippen MR) is 125 cm³/mol. The Labute approximate surface area is 203 Å². The van der Waals surface area contributed by atoms with Crippen molar-refractivity contribution in [1.29, 1.82) is 0 Å². The minimum atomic E-state index is -1.99. The predicted octanol–water partition coefficient (Wildman–Crippen LogP) is 5.25. The van der Waals surface area contributed by atoms with E-state index < -0.39 is 26.8 Å². The van der Waals surface area contributed by atoms with Crippen molar-refractivity contribution in [2.45, 2.75) is 42.6 Å². The van der Waals surface area contributed by atoms with Crippen LogP contribution in [0, 0.1) is 10.1 Å². The third-order valence-corrected chi connectivity index (χ3v) is 6.73. The molecule has 3 rings (SSSR count). The van der Waals surface area contributed by atoms with E-state index in [1.165, 1.54) is 29.5 Å². The van der Waals surface area contributed by atoms with Crippen LogP contribution in [0.1, 0.15) is 50.9 Å². The number of esters is 1. The zero-order valence-corrected chi connectivity index (χ0v) is 20.0. The van der Waals surface area contributed by atoms with E-state index >= 15 is 0 Å². The molecule has 0 aliphatic heterocycles. The molecule has 32 heavy (non-hydrogen) atoms. The maximum Gasteiger partial charge on any atom is 0.341 e.